The number of nitrogens with zero attached hydrogens (tertiary/aromatic N) is 6. The van der Waals surface area contributed by atoms with Gasteiger partial charge in [-0.2, -0.15) is 4.98 Å². The Kier molecular flexibility index (Phi) is 5.09. The van der Waals surface area contributed by atoms with E-state index in [4.69, 9.17) is 16.2 Å². The number of hydrogen-bond donors (Lipinski definition) is 3. The zero-order valence-corrected chi connectivity index (χ0v) is 19.0. The summed E-state index contributed by atoms with van der Waals surface area (Å²) >= 11 is 0. The first-order valence-corrected chi connectivity index (χ1v) is 11.1. The molecule has 0 bridgehead atoms. The number of fused-ring (bicyclic) bond motifs is 2. The highest BCUT2D eigenvalue weighted by Gasteiger charge is 2.31. The molecule has 5 rings (SSSR count). The molecule has 0 aliphatic carbocycles. The quantitative estimate of drug-likeness (QED) is 0.408. The molecule has 0 atom stereocenters. The second kappa shape index (κ2) is 7.96. The lowest BCUT2D eigenvalue weighted by Crippen LogP contribution is -2.36. The van der Waals surface area contributed by atoms with Gasteiger partial charge >= 0.3 is 0 Å². The Morgan fingerprint density at radius 3 is 2.67 bits per heavy atom. The van der Waals surface area contributed by atoms with Crippen LogP contribution in [0.25, 0.3) is 22.2 Å². The van der Waals surface area contributed by atoms with E-state index in [-0.39, 0.29) is 0 Å². The number of nitrogens with one attached hydrogen (secondary N) is 1. The topological polar surface area (TPSA) is 143 Å². The maximum absolute atomic E-state index is 6.76. The monoisotopic (exact) mass is 445 g/mol. The van der Waals surface area contributed by atoms with Crippen molar-refractivity contribution < 1.29 is 4.74 Å². The van der Waals surface area contributed by atoms with E-state index >= 15 is 0 Å². The fraction of sp³-hybridized carbons (Fsp3) is 0.348. The molecule has 0 fully saturated rings. The lowest BCUT2D eigenvalue weighted by molar-refractivity contribution is 0.345. The SMILES string of the molecule is CCC(N)(CC)c1cc(Nc2cc3cc(-c4cnnn4C)nc(N)c3cn2)nc2c1CCO2. The number of ether oxygens (including phenoxy) is 1. The molecule has 0 saturated heterocycles. The number of anilines is 3. The van der Waals surface area contributed by atoms with Crippen molar-refractivity contribution >= 4 is 28.2 Å². The lowest BCUT2D eigenvalue weighted by atomic mass is 9.83. The molecular formula is C23H27N9O. The summed E-state index contributed by atoms with van der Waals surface area (Å²) in [6.07, 6.45) is 5.84. The van der Waals surface area contributed by atoms with Gasteiger partial charge in [-0.05, 0) is 42.0 Å². The summed E-state index contributed by atoms with van der Waals surface area (Å²) in [6, 6.07) is 5.90. The second-order valence-corrected chi connectivity index (χ2v) is 8.35. The lowest BCUT2D eigenvalue weighted by Gasteiger charge is -2.29. The fourth-order valence-corrected chi connectivity index (χ4v) is 4.32. The van der Waals surface area contributed by atoms with Crippen molar-refractivity contribution in [3.05, 3.63) is 41.7 Å². The van der Waals surface area contributed by atoms with Crippen LogP contribution in [0.1, 0.15) is 37.8 Å². The molecule has 0 unspecified atom stereocenters. The van der Waals surface area contributed by atoms with Crippen LogP contribution in [0, 0.1) is 0 Å². The van der Waals surface area contributed by atoms with Gasteiger partial charge in [-0.3, -0.25) is 0 Å². The average molecular weight is 446 g/mol. The predicted octanol–water partition coefficient (Wildman–Crippen LogP) is 3.06. The third-order valence-electron chi connectivity index (χ3n) is 6.45. The van der Waals surface area contributed by atoms with Crippen LogP contribution in [-0.4, -0.2) is 36.6 Å². The second-order valence-electron chi connectivity index (χ2n) is 8.35. The largest absolute Gasteiger partial charge is 0.477 e. The number of hydrogen-bond acceptors (Lipinski definition) is 9. The van der Waals surface area contributed by atoms with Gasteiger partial charge in [0.2, 0.25) is 5.88 Å². The van der Waals surface area contributed by atoms with E-state index in [2.05, 4.69) is 44.4 Å². The molecule has 4 aromatic heterocycles. The van der Waals surface area contributed by atoms with Gasteiger partial charge in [0.15, 0.2) is 0 Å². The minimum atomic E-state index is -0.430. The van der Waals surface area contributed by atoms with E-state index in [1.807, 2.05) is 25.2 Å². The van der Waals surface area contributed by atoms with Crippen LogP contribution in [0.15, 0.2) is 30.6 Å². The molecule has 0 amide bonds. The Morgan fingerprint density at radius 2 is 1.94 bits per heavy atom. The summed E-state index contributed by atoms with van der Waals surface area (Å²) in [6.45, 7) is 4.84. The third kappa shape index (κ3) is 3.62. The summed E-state index contributed by atoms with van der Waals surface area (Å²) in [4.78, 5) is 13.7. The van der Waals surface area contributed by atoms with Crippen molar-refractivity contribution in [3.8, 4) is 17.3 Å². The van der Waals surface area contributed by atoms with Gasteiger partial charge < -0.3 is 21.5 Å². The first-order valence-electron chi connectivity index (χ1n) is 11.1. The molecular weight excluding hydrogens is 418 g/mol. The summed E-state index contributed by atoms with van der Waals surface area (Å²) in [7, 11) is 1.81. The van der Waals surface area contributed by atoms with Gasteiger partial charge in [0.1, 0.15) is 23.1 Å². The van der Waals surface area contributed by atoms with Gasteiger partial charge in [0.05, 0.1) is 18.5 Å². The number of nitrogens with two attached hydrogens (primary N) is 2. The van der Waals surface area contributed by atoms with Crippen LogP contribution in [0.2, 0.25) is 0 Å². The zero-order valence-electron chi connectivity index (χ0n) is 19.0. The summed E-state index contributed by atoms with van der Waals surface area (Å²) < 4.78 is 7.45. The predicted molar refractivity (Wildman–Crippen MR) is 127 cm³/mol. The molecule has 33 heavy (non-hydrogen) atoms. The van der Waals surface area contributed by atoms with Crippen molar-refractivity contribution in [2.24, 2.45) is 12.8 Å². The molecule has 0 spiro atoms. The molecule has 5 N–H and O–H groups in total. The van der Waals surface area contributed by atoms with Crippen LogP contribution in [0.5, 0.6) is 5.88 Å². The number of aromatic nitrogens is 6. The van der Waals surface area contributed by atoms with Crippen LogP contribution in [0.4, 0.5) is 17.5 Å². The van der Waals surface area contributed by atoms with Gasteiger partial charge in [-0.1, -0.05) is 19.1 Å². The van der Waals surface area contributed by atoms with Gasteiger partial charge in [0, 0.05) is 36.2 Å². The van der Waals surface area contributed by atoms with E-state index in [0.29, 0.717) is 35.6 Å². The Labute approximate surface area is 191 Å². The first kappa shape index (κ1) is 21.1. The highest BCUT2D eigenvalue weighted by Crippen LogP contribution is 2.38. The molecule has 1 aliphatic rings. The highest BCUT2D eigenvalue weighted by molar-refractivity contribution is 5.94. The fourth-order valence-electron chi connectivity index (χ4n) is 4.32. The Morgan fingerprint density at radius 1 is 1.12 bits per heavy atom. The van der Waals surface area contributed by atoms with Crippen molar-refractivity contribution in [1.29, 1.82) is 0 Å². The molecule has 170 valence electrons. The third-order valence-corrected chi connectivity index (χ3v) is 6.45. The molecule has 0 aromatic carbocycles. The number of pyridine rings is 3. The molecule has 10 nitrogen and oxygen atoms in total. The number of nitrogen functional groups attached to an aromatic ring is 1. The van der Waals surface area contributed by atoms with Crippen LogP contribution in [0.3, 0.4) is 0 Å². The summed E-state index contributed by atoms with van der Waals surface area (Å²) in [5.74, 6) is 2.32. The van der Waals surface area contributed by atoms with Gasteiger partial charge in [-0.25, -0.2) is 14.6 Å². The standard InChI is InChI=1S/C23H27N9O/c1-4-23(25,5-2)16-10-20(30-22-14(16)6-7-33-22)29-19-9-13-8-17(18-12-27-31-32(18)3)28-21(24)15(13)11-26-19/h8-12H,4-7,25H2,1-3H3,(H2,24,28)(H,26,29,30). The van der Waals surface area contributed by atoms with E-state index in [9.17, 15) is 0 Å². The number of rotatable bonds is 6. The minimum Gasteiger partial charge on any atom is -0.477 e. The zero-order chi connectivity index (χ0) is 23.2. The Hall–Kier alpha value is -3.79. The van der Waals surface area contributed by atoms with E-state index < -0.39 is 5.54 Å². The van der Waals surface area contributed by atoms with Crippen LogP contribution >= 0.6 is 0 Å². The molecule has 0 saturated carbocycles. The Balaban J connectivity index is 1.55. The minimum absolute atomic E-state index is 0.396. The van der Waals surface area contributed by atoms with Gasteiger partial charge in [-0.15, -0.1) is 5.10 Å². The first-order chi connectivity index (χ1) is 15.9. The molecule has 0 radical (unpaired) electrons. The molecule has 5 heterocycles. The van der Waals surface area contributed by atoms with E-state index in [0.717, 1.165) is 46.9 Å². The normalized spacial score (nSPS) is 13.2. The average Bonchev–Trinajstić information content (AvgIpc) is 3.46. The molecule has 4 aromatic rings. The summed E-state index contributed by atoms with van der Waals surface area (Å²) in [5.41, 5.74) is 16.2. The van der Waals surface area contributed by atoms with Crippen molar-refractivity contribution in [2.45, 2.75) is 38.6 Å². The Bertz CT molecular complexity index is 1340. The molecule has 10 heteroatoms. The maximum atomic E-state index is 6.76. The smallest absolute Gasteiger partial charge is 0.219 e. The highest BCUT2D eigenvalue weighted by atomic mass is 16.5. The van der Waals surface area contributed by atoms with Crippen LogP contribution in [-0.2, 0) is 19.0 Å². The van der Waals surface area contributed by atoms with Crippen LogP contribution < -0.4 is 21.5 Å². The van der Waals surface area contributed by atoms with Gasteiger partial charge in [0.25, 0.3) is 0 Å². The maximum Gasteiger partial charge on any atom is 0.219 e. The summed E-state index contributed by atoms with van der Waals surface area (Å²) in [5, 5.41) is 12.9. The number of aryl methyl sites for hydroxylation is 1. The van der Waals surface area contributed by atoms with E-state index in [1.54, 1.807) is 17.1 Å². The van der Waals surface area contributed by atoms with Crippen molar-refractivity contribution in [1.82, 2.24) is 29.9 Å². The van der Waals surface area contributed by atoms with Crippen molar-refractivity contribution in [3.63, 3.8) is 0 Å². The van der Waals surface area contributed by atoms with Crippen molar-refractivity contribution in [2.75, 3.05) is 17.7 Å². The molecule has 1 aliphatic heterocycles. The van der Waals surface area contributed by atoms with E-state index in [1.165, 1.54) is 0 Å².